The second-order valence-corrected chi connectivity index (χ2v) is 7.43. The van der Waals surface area contributed by atoms with E-state index in [0.29, 0.717) is 24.2 Å². The lowest BCUT2D eigenvalue weighted by Crippen LogP contribution is -2.57. The Hall–Kier alpha value is -0.990. The molecule has 0 bridgehead atoms. The predicted molar refractivity (Wildman–Crippen MR) is 81.0 cm³/mol. The van der Waals surface area contributed by atoms with Gasteiger partial charge in [0.1, 0.15) is 4.90 Å². The molecule has 0 saturated heterocycles. The Morgan fingerprint density at radius 3 is 2.40 bits per heavy atom. The molecule has 0 aromatic carbocycles. The zero-order valence-electron chi connectivity index (χ0n) is 11.7. The molecule has 6 nitrogen and oxygen atoms in total. The molecule has 0 unspecified atom stereocenters. The number of hydrogen-bond acceptors (Lipinski definition) is 4. The van der Waals surface area contributed by atoms with Crippen molar-refractivity contribution in [3.8, 4) is 0 Å². The number of hydrogen-bond donors (Lipinski definition) is 3. The van der Waals surface area contributed by atoms with Gasteiger partial charge in [-0.05, 0) is 26.7 Å². The largest absolute Gasteiger partial charge is 0.392 e. The monoisotopic (exact) mass is 316 g/mol. The molecule has 1 aromatic rings. The molecule has 1 heterocycles. The molecule has 0 radical (unpaired) electrons. The van der Waals surface area contributed by atoms with Gasteiger partial charge >= 0.3 is 0 Å². The maximum absolute atomic E-state index is 12.6. The Morgan fingerprint density at radius 2 is 1.95 bits per heavy atom. The maximum atomic E-state index is 12.6. The van der Waals surface area contributed by atoms with Crippen molar-refractivity contribution in [1.29, 1.82) is 0 Å². The van der Waals surface area contributed by atoms with E-state index in [1.54, 1.807) is 13.8 Å². The van der Waals surface area contributed by atoms with E-state index in [2.05, 4.69) is 14.9 Å². The van der Waals surface area contributed by atoms with Gasteiger partial charge in [-0.1, -0.05) is 31.5 Å². The summed E-state index contributed by atoms with van der Waals surface area (Å²) < 4.78 is 28.0. The van der Waals surface area contributed by atoms with Gasteiger partial charge in [0, 0.05) is 0 Å². The minimum Gasteiger partial charge on any atom is -0.392 e. The third kappa shape index (κ3) is 2.72. The SMILES string of the molecule is Cc1n[nH]c(C)c1S(=O)(=O)NC1(C(N)=S)CCCCC1. The van der Waals surface area contributed by atoms with Crippen molar-refractivity contribution in [2.24, 2.45) is 5.73 Å². The predicted octanol–water partition coefficient (Wildman–Crippen LogP) is 1.29. The number of rotatable bonds is 4. The van der Waals surface area contributed by atoms with Gasteiger partial charge in [0.25, 0.3) is 0 Å². The summed E-state index contributed by atoms with van der Waals surface area (Å²) in [7, 11) is -3.69. The number of nitrogens with zero attached hydrogens (tertiary/aromatic N) is 1. The van der Waals surface area contributed by atoms with Crippen LogP contribution in [0.2, 0.25) is 0 Å². The minimum absolute atomic E-state index is 0.193. The van der Waals surface area contributed by atoms with E-state index in [9.17, 15) is 8.42 Å². The van der Waals surface area contributed by atoms with Crippen LogP contribution < -0.4 is 10.5 Å². The van der Waals surface area contributed by atoms with Gasteiger partial charge in [0.15, 0.2) is 0 Å². The van der Waals surface area contributed by atoms with Crippen molar-refractivity contribution >= 4 is 27.2 Å². The molecule has 1 saturated carbocycles. The average molecular weight is 316 g/mol. The van der Waals surface area contributed by atoms with Crippen LogP contribution in [0.1, 0.15) is 43.5 Å². The number of aryl methyl sites for hydroxylation is 2. The summed E-state index contributed by atoms with van der Waals surface area (Å²) in [6.45, 7) is 3.34. The number of thiocarbonyl (C=S) groups is 1. The molecule has 0 spiro atoms. The van der Waals surface area contributed by atoms with E-state index < -0.39 is 15.6 Å². The van der Waals surface area contributed by atoms with Crippen molar-refractivity contribution in [2.45, 2.75) is 56.4 Å². The Bertz CT molecular complexity index is 596. The van der Waals surface area contributed by atoms with Crippen LogP contribution in [0.25, 0.3) is 0 Å². The van der Waals surface area contributed by atoms with Crippen LogP contribution in [0.15, 0.2) is 4.90 Å². The van der Waals surface area contributed by atoms with E-state index in [1.807, 2.05) is 0 Å². The third-order valence-corrected chi connectivity index (χ3v) is 6.03. The van der Waals surface area contributed by atoms with E-state index in [0.717, 1.165) is 19.3 Å². The molecule has 8 heteroatoms. The Kier molecular flexibility index (Phi) is 4.17. The fourth-order valence-electron chi connectivity index (χ4n) is 2.80. The van der Waals surface area contributed by atoms with Gasteiger partial charge < -0.3 is 5.73 Å². The normalized spacial score (nSPS) is 18.9. The zero-order valence-corrected chi connectivity index (χ0v) is 13.3. The Morgan fingerprint density at radius 1 is 1.35 bits per heavy atom. The van der Waals surface area contributed by atoms with E-state index >= 15 is 0 Å². The number of aromatic amines is 1. The standard InChI is InChI=1S/C12H20N4O2S2/c1-8-10(9(2)15-14-8)20(17,18)16-12(11(13)19)6-4-3-5-7-12/h16H,3-7H2,1-2H3,(H2,13,19)(H,14,15). The molecule has 1 aliphatic rings. The van der Waals surface area contributed by atoms with Crippen LogP contribution >= 0.6 is 12.2 Å². The molecule has 1 aliphatic carbocycles. The highest BCUT2D eigenvalue weighted by Crippen LogP contribution is 2.31. The number of nitrogens with one attached hydrogen (secondary N) is 2. The Balaban J connectivity index is 2.38. The quantitative estimate of drug-likeness (QED) is 0.727. The smallest absolute Gasteiger partial charge is 0.245 e. The molecular weight excluding hydrogens is 296 g/mol. The van der Waals surface area contributed by atoms with Crippen LogP contribution in [0.5, 0.6) is 0 Å². The van der Waals surface area contributed by atoms with E-state index in [-0.39, 0.29) is 9.88 Å². The molecular formula is C12H20N4O2S2. The van der Waals surface area contributed by atoms with Crippen molar-refractivity contribution in [2.75, 3.05) is 0 Å². The highest BCUT2D eigenvalue weighted by atomic mass is 32.2. The topological polar surface area (TPSA) is 101 Å². The Labute approximate surface area is 124 Å². The van der Waals surface area contributed by atoms with Crippen LogP contribution in [0.4, 0.5) is 0 Å². The molecule has 4 N–H and O–H groups in total. The summed E-state index contributed by atoms with van der Waals surface area (Å²) in [6.07, 6.45) is 4.22. The summed E-state index contributed by atoms with van der Waals surface area (Å²) in [5.41, 5.74) is 5.98. The first-order valence-corrected chi connectivity index (χ1v) is 8.53. The van der Waals surface area contributed by atoms with E-state index in [1.165, 1.54) is 0 Å². The van der Waals surface area contributed by atoms with Gasteiger partial charge in [-0.2, -0.15) is 9.82 Å². The first kappa shape index (κ1) is 15.4. The van der Waals surface area contributed by atoms with Gasteiger partial charge in [-0.25, -0.2) is 8.42 Å². The number of sulfonamides is 1. The highest BCUT2D eigenvalue weighted by Gasteiger charge is 2.40. The number of H-pyrrole nitrogens is 1. The maximum Gasteiger partial charge on any atom is 0.245 e. The van der Waals surface area contributed by atoms with Gasteiger partial charge in [-0.3, -0.25) is 5.10 Å². The zero-order chi connectivity index (χ0) is 15.0. The van der Waals surface area contributed by atoms with Crippen molar-refractivity contribution in [1.82, 2.24) is 14.9 Å². The number of aromatic nitrogens is 2. The van der Waals surface area contributed by atoms with E-state index in [4.69, 9.17) is 18.0 Å². The molecule has 0 aliphatic heterocycles. The van der Waals surface area contributed by atoms with Crippen LogP contribution in [-0.4, -0.2) is 29.1 Å². The molecule has 1 aromatic heterocycles. The van der Waals surface area contributed by atoms with Crippen LogP contribution in [0.3, 0.4) is 0 Å². The number of nitrogens with two attached hydrogens (primary N) is 1. The molecule has 0 atom stereocenters. The molecule has 112 valence electrons. The molecule has 20 heavy (non-hydrogen) atoms. The highest BCUT2D eigenvalue weighted by molar-refractivity contribution is 7.89. The fourth-order valence-corrected chi connectivity index (χ4v) is 4.93. The van der Waals surface area contributed by atoms with Gasteiger partial charge in [0.2, 0.25) is 10.0 Å². The van der Waals surface area contributed by atoms with Gasteiger partial charge in [-0.15, -0.1) is 0 Å². The lowest BCUT2D eigenvalue weighted by Gasteiger charge is -2.36. The first-order chi connectivity index (χ1) is 9.28. The summed E-state index contributed by atoms with van der Waals surface area (Å²) in [4.78, 5) is 0.415. The molecule has 1 fully saturated rings. The first-order valence-electron chi connectivity index (χ1n) is 6.64. The van der Waals surface area contributed by atoms with Crippen LogP contribution in [-0.2, 0) is 10.0 Å². The lowest BCUT2D eigenvalue weighted by atomic mass is 9.82. The summed E-state index contributed by atoms with van der Waals surface area (Å²) >= 11 is 5.12. The second-order valence-electron chi connectivity index (χ2n) is 5.38. The van der Waals surface area contributed by atoms with Gasteiger partial charge in [0.05, 0.1) is 21.9 Å². The van der Waals surface area contributed by atoms with Crippen molar-refractivity contribution < 1.29 is 8.42 Å². The molecule has 0 amide bonds. The van der Waals surface area contributed by atoms with Crippen molar-refractivity contribution in [3.63, 3.8) is 0 Å². The van der Waals surface area contributed by atoms with Crippen LogP contribution in [0, 0.1) is 13.8 Å². The minimum atomic E-state index is -3.69. The second kappa shape index (κ2) is 5.42. The third-order valence-electron chi connectivity index (χ3n) is 3.84. The summed E-state index contributed by atoms with van der Waals surface area (Å²) in [5, 5.41) is 6.62. The fraction of sp³-hybridized carbons (Fsp3) is 0.667. The summed E-state index contributed by atoms with van der Waals surface area (Å²) in [5.74, 6) is 0. The lowest BCUT2D eigenvalue weighted by molar-refractivity contribution is 0.353. The summed E-state index contributed by atoms with van der Waals surface area (Å²) in [6, 6.07) is 0. The molecule has 2 rings (SSSR count). The van der Waals surface area contributed by atoms with Crippen molar-refractivity contribution in [3.05, 3.63) is 11.4 Å². The average Bonchev–Trinajstić information content (AvgIpc) is 2.70.